The van der Waals surface area contributed by atoms with E-state index in [1.165, 1.54) is 6.33 Å². The highest BCUT2D eigenvalue weighted by Crippen LogP contribution is 2.11. The van der Waals surface area contributed by atoms with Crippen molar-refractivity contribution in [3.63, 3.8) is 0 Å². The topological polar surface area (TPSA) is 58.3 Å². The zero-order valence-electron chi connectivity index (χ0n) is 12.1. The van der Waals surface area contributed by atoms with Crippen molar-refractivity contribution in [3.8, 4) is 0 Å². The third-order valence-corrected chi connectivity index (χ3v) is 3.20. The highest BCUT2D eigenvalue weighted by Gasteiger charge is 2.10. The summed E-state index contributed by atoms with van der Waals surface area (Å²) in [5.74, 6) is 1.58. The number of nitrogens with one attached hydrogen (secondary N) is 1. The summed E-state index contributed by atoms with van der Waals surface area (Å²) in [6, 6.07) is 2.34. The van der Waals surface area contributed by atoms with Gasteiger partial charge in [0.2, 0.25) is 0 Å². The van der Waals surface area contributed by atoms with E-state index in [9.17, 15) is 0 Å². The Balaban J connectivity index is 2.14. The molecule has 0 saturated carbocycles. The minimum Gasteiger partial charge on any atom is -0.366 e. The SMILES string of the molecule is CCN(CC)CC(C)Nc1cc(C)nc2ncnn12. The maximum atomic E-state index is 4.34. The molecule has 0 aromatic carbocycles. The van der Waals surface area contributed by atoms with Gasteiger partial charge in [-0.25, -0.2) is 4.98 Å². The second kappa shape index (κ2) is 5.97. The highest BCUT2D eigenvalue weighted by atomic mass is 15.4. The standard InChI is InChI=1S/C13H22N6/c1-5-18(6-2)8-11(4)16-12-7-10(3)17-13-14-9-15-19(12)13/h7,9,11,16H,5-6,8H2,1-4H3. The van der Waals surface area contributed by atoms with Gasteiger partial charge in [0.05, 0.1) is 0 Å². The molecule has 2 heterocycles. The molecule has 0 aliphatic heterocycles. The molecule has 19 heavy (non-hydrogen) atoms. The molecular formula is C13H22N6. The number of anilines is 1. The van der Waals surface area contributed by atoms with Gasteiger partial charge in [0.25, 0.3) is 5.78 Å². The lowest BCUT2D eigenvalue weighted by Crippen LogP contribution is -2.35. The number of hydrogen-bond acceptors (Lipinski definition) is 5. The molecule has 0 fully saturated rings. The third-order valence-electron chi connectivity index (χ3n) is 3.20. The lowest BCUT2D eigenvalue weighted by atomic mass is 10.3. The first-order valence-corrected chi connectivity index (χ1v) is 6.80. The minimum absolute atomic E-state index is 0.342. The van der Waals surface area contributed by atoms with Crippen LogP contribution in [-0.4, -0.2) is 50.2 Å². The molecule has 6 nitrogen and oxygen atoms in total. The van der Waals surface area contributed by atoms with Crippen molar-refractivity contribution in [2.45, 2.75) is 33.7 Å². The van der Waals surface area contributed by atoms with Gasteiger partial charge >= 0.3 is 0 Å². The normalized spacial score (nSPS) is 13.1. The Labute approximate surface area is 113 Å². The molecule has 6 heteroatoms. The van der Waals surface area contributed by atoms with Crippen LogP contribution in [-0.2, 0) is 0 Å². The summed E-state index contributed by atoms with van der Waals surface area (Å²) < 4.78 is 1.74. The molecule has 0 spiro atoms. The predicted molar refractivity (Wildman–Crippen MR) is 76.4 cm³/mol. The van der Waals surface area contributed by atoms with Crippen LogP contribution in [0, 0.1) is 6.92 Å². The van der Waals surface area contributed by atoms with Crippen molar-refractivity contribution < 1.29 is 0 Å². The Hall–Kier alpha value is -1.69. The summed E-state index contributed by atoms with van der Waals surface area (Å²) in [5, 5.41) is 7.69. The van der Waals surface area contributed by atoms with Gasteiger partial charge in [0.15, 0.2) is 0 Å². The van der Waals surface area contributed by atoms with E-state index >= 15 is 0 Å². The highest BCUT2D eigenvalue weighted by molar-refractivity contribution is 5.45. The minimum atomic E-state index is 0.342. The molecular weight excluding hydrogens is 240 g/mol. The number of hydrogen-bond donors (Lipinski definition) is 1. The fraction of sp³-hybridized carbons (Fsp3) is 0.615. The van der Waals surface area contributed by atoms with E-state index < -0.39 is 0 Å². The van der Waals surface area contributed by atoms with Gasteiger partial charge in [-0.15, -0.1) is 0 Å². The van der Waals surface area contributed by atoms with Gasteiger partial charge in [0, 0.05) is 24.3 Å². The second-order valence-electron chi connectivity index (χ2n) is 4.79. The van der Waals surface area contributed by atoms with E-state index in [1.54, 1.807) is 4.52 Å². The van der Waals surface area contributed by atoms with E-state index in [1.807, 2.05) is 13.0 Å². The molecule has 2 aromatic heterocycles. The van der Waals surface area contributed by atoms with Gasteiger partial charge in [0.1, 0.15) is 12.1 Å². The Kier molecular flexibility index (Phi) is 4.31. The van der Waals surface area contributed by atoms with Crippen molar-refractivity contribution in [2.75, 3.05) is 25.0 Å². The third kappa shape index (κ3) is 3.20. The van der Waals surface area contributed by atoms with E-state index in [0.717, 1.165) is 31.1 Å². The lowest BCUT2D eigenvalue weighted by molar-refractivity contribution is 0.294. The smallest absolute Gasteiger partial charge is 0.254 e. The Morgan fingerprint density at radius 3 is 2.79 bits per heavy atom. The first kappa shape index (κ1) is 13.7. The summed E-state index contributed by atoms with van der Waals surface area (Å²) in [5.41, 5.74) is 0.943. The molecule has 0 bridgehead atoms. The number of likely N-dealkylation sites (N-methyl/N-ethyl adjacent to an activating group) is 1. The van der Waals surface area contributed by atoms with Crippen LogP contribution in [0.2, 0.25) is 0 Å². The van der Waals surface area contributed by atoms with Crippen LogP contribution in [0.4, 0.5) is 5.82 Å². The van der Waals surface area contributed by atoms with Crippen LogP contribution in [0.1, 0.15) is 26.5 Å². The van der Waals surface area contributed by atoms with E-state index in [2.05, 4.69) is 46.1 Å². The van der Waals surface area contributed by atoms with E-state index in [4.69, 9.17) is 0 Å². The molecule has 1 unspecified atom stereocenters. The van der Waals surface area contributed by atoms with Crippen LogP contribution in [0.25, 0.3) is 5.78 Å². The van der Waals surface area contributed by atoms with Gasteiger partial charge in [-0.3, -0.25) is 0 Å². The molecule has 2 rings (SSSR count). The number of nitrogens with zero attached hydrogens (tertiary/aromatic N) is 5. The maximum Gasteiger partial charge on any atom is 0.254 e. The van der Waals surface area contributed by atoms with Crippen molar-refractivity contribution in [1.29, 1.82) is 0 Å². The molecule has 0 saturated heterocycles. The lowest BCUT2D eigenvalue weighted by Gasteiger charge is -2.24. The molecule has 0 aliphatic rings. The molecule has 0 aliphatic carbocycles. The summed E-state index contributed by atoms with van der Waals surface area (Å²) in [4.78, 5) is 10.9. The largest absolute Gasteiger partial charge is 0.366 e. The quantitative estimate of drug-likeness (QED) is 0.856. The first-order chi connectivity index (χ1) is 9.13. The van der Waals surface area contributed by atoms with Crippen molar-refractivity contribution >= 4 is 11.6 Å². The summed E-state index contributed by atoms with van der Waals surface area (Å²) >= 11 is 0. The van der Waals surface area contributed by atoms with Crippen LogP contribution in [0.5, 0.6) is 0 Å². The van der Waals surface area contributed by atoms with Gasteiger partial charge < -0.3 is 10.2 Å². The summed E-state index contributed by atoms with van der Waals surface area (Å²) in [6.07, 6.45) is 1.53. The van der Waals surface area contributed by atoms with E-state index in [0.29, 0.717) is 11.8 Å². The number of rotatable bonds is 6. The molecule has 104 valence electrons. The van der Waals surface area contributed by atoms with Crippen molar-refractivity contribution in [1.82, 2.24) is 24.5 Å². The fourth-order valence-electron chi connectivity index (χ4n) is 2.20. The second-order valence-corrected chi connectivity index (χ2v) is 4.79. The Morgan fingerprint density at radius 2 is 2.11 bits per heavy atom. The van der Waals surface area contributed by atoms with Gasteiger partial charge in [-0.05, 0) is 26.9 Å². The average molecular weight is 262 g/mol. The Morgan fingerprint density at radius 1 is 1.37 bits per heavy atom. The van der Waals surface area contributed by atoms with Crippen LogP contribution >= 0.6 is 0 Å². The van der Waals surface area contributed by atoms with Crippen molar-refractivity contribution in [3.05, 3.63) is 18.1 Å². The van der Waals surface area contributed by atoms with Gasteiger partial charge in [-0.1, -0.05) is 13.8 Å². The number of aryl methyl sites for hydroxylation is 1. The maximum absolute atomic E-state index is 4.34. The molecule has 0 radical (unpaired) electrons. The average Bonchev–Trinajstić information content (AvgIpc) is 2.84. The number of aromatic nitrogens is 4. The van der Waals surface area contributed by atoms with Crippen LogP contribution < -0.4 is 5.32 Å². The summed E-state index contributed by atoms with van der Waals surface area (Å²) in [6.45, 7) is 11.6. The summed E-state index contributed by atoms with van der Waals surface area (Å²) in [7, 11) is 0. The van der Waals surface area contributed by atoms with Crippen molar-refractivity contribution in [2.24, 2.45) is 0 Å². The predicted octanol–water partition coefficient (Wildman–Crippen LogP) is 1.57. The van der Waals surface area contributed by atoms with Crippen LogP contribution in [0.15, 0.2) is 12.4 Å². The molecule has 0 amide bonds. The fourth-order valence-corrected chi connectivity index (χ4v) is 2.20. The van der Waals surface area contributed by atoms with Crippen LogP contribution in [0.3, 0.4) is 0 Å². The monoisotopic (exact) mass is 262 g/mol. The zero-order chi connectivity index (χ0) is 13.8. The van der Waals surface area contributed by atoms with E-state index in [-0.39, 0.29) is 0 Å². The first-order valence-electron chi connectivity index (χ1n) is 6.80. The zero-order valence-corrected chi connectivity index (χ0v) is 12.1. The van der Waals surface area contributed by atoms with Gasteiger partial charge in [-0.2, -0.15) is 14.6 Å². The molecule has 1 N–H and O–H groups in total. The Bertz CT molecular complexity index is 531. The number of fused-ring (bicyclic) bond motifs is 1. The molecule has 2 aromatic rings. The molecule has 1 atom stereocenters.